The van der Waals surface area contributed by atoms with Crippen LogP contribution < -0.4 is 0 Å². The zero-order chi connectivity index (χ0) is 19.7. The van der Waals surface area contributed by atoms with Gasteiger partial charge < -0.3 is 9.42 Å². The van der Waals surface area contributed by atoms with E-state index in [1.54, 1.807) is 30.3 Å². The molecule has 1 saturated heterocycles. The maximum absolute atomic E-state index is 13.2. The van der Waals surface area contributed by atoms with Crippen molar-refractivity contribution in [1.29, 1.82) is 0 Å². The Morgan fingerprint density at radius 2 is 2.04 bits per heavy atom. The number of aromatic nitrogens is 3. The van der Waals surface area contributed by atoms with Crippen LogP contribution in [0.5, 0.6) is 0 Å². The van der Waals surface area contributed by atoms with E-state index in [2.05, 4.69) is 10.3 Å². The number of halogens is 2. The SMILES string of the molecule is Cn1cc(Cl)c(C(=O)N2CCCCCC2c2cc(-c3ccc(F)cc3)on2)n1. The minimum atomic E-state index is -0.309. The third kappa shape index (κ3) is 3.67. The van der Waals surface area contributed by atoms with Gasteiger partial charge in [0.15, 0.2) is 11.5 Å². The Bertz CT molecular complexity index is 983. The van der Waals surface area contributed by atoms with Gasteiger partial charge in [0.2, 0.25) is 0 Å². The molecule has 28 heavy (non-hydrogen) atoms. The van der Waals surface area contributed by atoms with Crippen LogP contribution in [-0.4, -0.2) is 32.3 Å². The second-order valence-corrected chi connectivity index (χ2v) is 7.39. The van der Waals surface area contributed by atoms with Gasteiger partial charge >= 0.3 is 0 Å². The lowest BCUT2D eigenvalue weighted by atomic mass is 10.0. The number of likely N-dealkylation sites (tertiary alicyclic amines) is 1. The van der Waals surface area contributed by atoms with Gasteiger partial charge in [-0.3, -0.25) is 9.48 Å². The number of hydrogen-bond donors (Lipinski definition) is 0. The van der Waals surface area contributed by atoms with Crippen molar-refractivity contribution in [3.05, 3.63) is 58.8 Å². The molecule has 1 atom stereocenters. The molecule has 146 valence electrons. The van der Waals surface area contributed by atoms with Gasteiger partial charge in [0, 0.05) is 31.4 Å². The van der Waals surface area contributed by atoms with Crippen molar-refractivity contribution in [3.63, 3.8) is 0 Å². The first-order chi connectivity index (χ1) is 13.5. The number of carbonyl (C=O) groups is 1. The first-order valence-electron chi connectivity index (χ1n) is 9.25. The van der Waals surface area contributed by atoms with Crippen molar-refractivity contribution in [2.45, 2.75) is 31.7 Å². The molecule has 6 nitrogen and oxygen atoms in total. The fraction of sp³-hybridized carbons (Fsp3) is 0.350. The molecule has 1 amide bonds. The van der Waals surface area contributed by atoms with Crippen molar-refractivity contribution >= 4 is 17.5 Å². The lowest BCUT2D eigenvalue weighted by Crippen LogP contribution is -2.35. The topological polar surface area (TPSA) is 64.2 Å². The van der Waals surface area contributed by atoms with E-state index in [0.717, 1.165) is 31.2 Å². The van der Waals surface area contributed by atoms with Crippen molar-refractivity contribution in [1.82, 2.24) is 19.8 Å². The fourth-order valence-corrected chi connectivity index (χ4v) is 3.86. The maximum Gasteiger partial charge on any atom is 0.276 e. The predicted molar refractivity (Wildman–Crippen MR) is 102 cm³/mol. The summed E-state index contributed by atoms with van der Waals surface area (Å²) in [5.41, 5.74) is 1.67. The third-order valence-electron chi connectivity index (χ3n) is 5.00. The number of aryl methyl sites for hydroxylation is 1. The largest absolute Gasteiger partial charge is 0.356 e. The van der Waals surface area contributed by atoms with E-state index in [0.29, 0.717) is 23.0 Å². The second kappa shape index (κ2) is 7.75. The van der Waals surface area contributed by atoms with E-state index in [4.69, 9.17) is 16.1 Å². The van der Waals surface area contributed by atoms with E-state index in [1.807, 2.05) is 6.07 Å². The number of rotatable bonds is 3. The summed E-state index contributed by atoms with van der Waals surface area (Å²) in [6.45, 7) is 0.606. The summed E-state index contributed by atoms with van der Waals surface area (Å²) in [5.74, 6) is 0.0302. The number of amides is 1. The molecule has 0 N–H and O–H groups in total. The van der Waals surface area contributed by atoms with Crippen molar-refractivity contribution in [3.8, 4) is 11.3 Å². The molecule has 1 aromatic carbocycles. The third-order valence-corrected chi connectivity index (χ3v) is 5.28. The highest BCUT2D eigenvalue weighted by atomic mass is 35.5. The second-order valence-electron chi connectivity index (χ2n) is 6.99. The Morgan fingerprint density at radius 3 is 2.75 bits per heavy atom. The minimum Gasteiger partial charge on any atom is -0.356 e. The fourth-order valence-electron chi connectivity index (χ4n) is 3.60. The van der Waals surface area contributed by atoms with Crippen LogP contribution in [-0.2, 0) is 7.05 Å². The van der Waals surface area contributed by atoms with Gasteiger partial charge in [-0.1, -0.05) is 29.6 Å². The molecule has 0 radical (unpaired) electrons. The average molecular weight is 403 g/mol. The van der Waals surface area contributed by atoms with Crippen LogP contribution in [0.15, 0.2) is 41.1 Å². The van der Waals surface area contributed by atoms with E-state index < -0.39 is 0 Å². The molecule has 2 aromatic heterocycles. The summed E-state index contributed by atoms with van der Waals surface area (Å²) in [7, 11) is 1.73. The Labute approximate surface area is 166 Å². The lowest BCUT2D eigenvalue weighted by molar-refractivity contribution is 0.0667. The summed E-state index contributed by atoms with van der Waals surface area (Å²) >= 11 is 6.19. The molecular weight excluding hydrogens is 383 g/mol. The van der Waals surface area contributed by atoms with Crippen molar-refractivity contribution in [2.75, 3.05) is 6.54 Å². The highest BCUT2D eigenvalue weighted by Gasteiger charge is 2.32. The summed E-state index contributed by atoms with van der Waals surface area (Å²) in [4.78, 5) is 14.9. The maximum atomic E-state index is 13.2. The van der Waals surface area contributed by atoms with Gasteiger partial charge in [-0.25, -0.2) is 4.39 Å². The van der Waals surface area contributed by atoms with E-state index in [1.165, 1.54) is 16.8 Å². The molecule has 0 bridgehead atoms. The normalized spacial score (nSPS) is 17.5. The van der Waals surface area contributed by atoms with Crippen LogP contribution in [0.1, 0.15) is 47.9 Å². The Kier molecular flexibility index (Phi) is 5.17. The van der Waals surface area contributed by atoms with Gasteiger partial charge in [0.25, 0.3) is 5.91 Å². The van der Waals surface area contributed by atoms with Crippen LogP contribution in [0.4, 0.5) is 4.39 Å². The highest BCUT2D eigenvalue weighted by Crippen LogP contribution is 2.33. The summed E-state index contributed by atoms with van der Waals surface area (Å²) in [5, 5.41) is 8.77. The number of carbonyl (C=O) groups excluding carboxylic acids is 1. The van der Waals surface area contributed by atoms with Gasteiger partial charge in [-0.2, -0.15) is 5.10 Å². The Hall–Kier alpha value is -2.67. The summed E-state index contributed by atoms with van der Waals surface area (Å²) < 4.78 is 20.2. The molecule has 1 aliphatic rings. The first kappa shape index (κ1) is 18.7. The minimum absolute atomic E-state index is 0.205. The highest BCUT2D eigenvalue weighted by molar-refractivity contribution is 6.33. The molecular formula is C20H20ClFN4O2. The Morgan fingerprint density at radius 1 is 1.25 bits per heavy atom. The predicted octanol–water partition coefficient (Wildman–Crippen LogP) is 4.63. The zero-order valence-electron chi connectivity index (χ0n) is 15.4. The smallest absolute Gasteiger partial charge is 0.276 e. The van der Waals surface area contributed by atoms with E-state index in [9.17, 15) is 9.18 Å². The van der Waals surface area contributed by atoms with Gasteiger partial charge in [-0.15, -0.1) is 0 Å². The van der Waals surface area contributed by atoms with Crippen LogP contribution in [0.3, 0.4) is 0 Å². The molecule has 4 rings (SSSR count). The molecule has 0 spiro atoms. The quantitative estimate of drug-likeness (QED) is 0.641. The summed E-state index contributed by atoms with van der Waals surface area (Å²) in [6, 6.07) is 7.64. The average Bonchev–Trinajstić information content (AvgIpc) is 3.20. The molecule has 1 aliphatic heterocycles. The number of hydrogen-bond acceptors (Lipinski definition) is 4. The zero-order valence-corrected chi connectivity index (χ0v) is 16.2. The Balaban J connectivity index is 1.65. The molecule has 3 heterocycles. The monoisotopic (exact) mass is 402 g/mol. The van der Waals surface area contributed by atoms with E-state index >= 15 is 0 Å². The molecule has 3 aromatic rings. The molecule has 8 heteroatoms. The van der Waals surface area contributed by atoms with Crippen LogP contribution in [0, 0.1) is 5.82 Å². The lowest BCUT2D eigenvalue weighted by Gasteiger charge is -2.28. The van der Waals surface area contributed by atoms with Crippen LogP contribution in [0.2, 0.25) is 5.02 Å². The van der Waals surface area contributed by atoms with Gasteiger partial charge in [-0.05, 0) is 37.1 Å². The number of nitrogens with zero attached hydrogens (tertiary/aromatic N) is 4. The molecule has 0 aliphatic carbocycles. The molecule has 1 fully saturated rings. The molecule has 1 unspecified atom stereocenters. The van der Waals surface area contributed by atoms with Gasteiger partial charge in [0.1, 0.15) is 11.5 Å². The summed E-state index contributed by atoms with van der Waals surface area (Å²) in [6.07, 6.45) is 5.34. The standard InChI is InChI=1S/C20H20ClFN4O2/c1-25-12-15(21)19(23-25)20(27)26-10-4-2-3-5-17(26)16-11-18(28-24-16)13-6-8-14(22)9-7-13/h6-9,11-12,17H,2-5,10H2,1H3. The van der Waals surface area contributed by atoms with Crippen LogP contribution in [0.25, 0.3) is 11.3 Å². The van der Waals surface area contributed by atoms with Gasteiger partial charge in [0.05, 0.1) is 11.1 Å². The molecule has 0 saturated carbocycles. The van der Waals surface area contributed by atoms with Crippen molar-refractivity contribution in [2.24, 2.45) is 7.05 Å². The number of benzene rings is 1. The first-order valence-corrected chi connectivity index (χ1v) is 9.63. The van der Waals surface area contributed by atoms with E-state index in [-0.39, 0.29) is 23.5 Å². The van der Waals surface area contributed by atoms with Crippen LogP contribution >= 0.6 is 11.6 Å². The van der Waals surface area contributed by atoms with Crippen molar-refractivity contribution < 1.29 is 13.7 Å².